The Labute approximate surface area is 93.0 Å². The Bertz CT molecular complexity index is 237. The summed E-state index contributed by atoms with van der Waals surface area (Å²) in [4.78, 5) is 10.9. The standard InChI is InChI=1S/C13H22O2/c1-6-12(9-8-10(3)4)13(7-2)15-11(5)14/h7-8,12-13H,2,6,9H2,1,3-5H3. The van der Waals surface area contributed by atoms with E-state index < -0.39 is 0 Å². The molecule has 2 nitrogen and oxygen atoms in total. The van der Waals surface area contributed by atoms with Gasteiger partial charge in [-0.2, -0.15) is 0 Å². The third-order valence-electron chi connectivity index (χ3n) is 2.35. The van der Waals surface area contributed by atoms with Gasteiger partial charge < -0.3 is 4.74 Å². The summed E-state index contributed by atoms with van der Waals surface area (Å²) < 4.78 is 5.20. The van der Waals surface area contributed by atoms with Crippen molar-refractivity contribution in [2.75, 3.05) is 0 Å². The smallest absolute Gasteiger partial charge is 0.303 e. The van der Waals surface area contributed by atoms with Gasteiger partial charge in [0.05, 0.1) is 0 Å². The van der Waals surface area contributed by atoms with Crippen LogP contribution in [0.4, 0.5) is 0 Å². The normalized spacial score (nSPS) is 13.9. The van der Waals surface area contributed by atoms with E-state index in [4.69, 9.17) is 4.74 Å². The van der Waals surface area contributed by atoms with Crippen molar-refractivity contribution in [3.8, 4) is 0 Å². The second-order valence-electron chi connectivity index (χ2n) is 4.00. The zero-order chi connectivity index (χ0) is 11.8. The molecule has 0 aliphatic rings. The van der Waals surface area contributed by atoms with Crippen molar-refractivity contribution in [3.63, 3.8) is 0 Å². The van der Waals surface area contributed by atoms with Crippen LogP contribution in [0.3, 0.4) is 0 Å². The molecule has 86 valence electrons. The second-order valence-corrected chi connectivity index (χ2v) is 4.00. The van der Waals surface area contributed by atoms with Crippen LogP contribution < -0.4 is 0 Å². The first kappa shape index (κ1) is 13.9. The lowest BCUT2D eigenvalue weighted by Gasteiger charge is -2.21. The maximum atomic E-state index is 10.9. The van der Waals surface area contributed by atoms with Crippen molar-refractivity contribution in [2.45, 2.75) is 46.6 Å². The highest BCUT2D eigenvalue weighted by atomic mass is 16.5. The van der Waals surface area contributed by atoms with Gasteiger partial charge in [0, 0.05) is 12.8 Å². The van der Waals surface area contributed by atoms with Crippen molar-refractivity contribution in [1.82, 2.24) is 0 Å². The van der Waals surface area contributed by atoms with E-state index in [0.29, 0.717) is 5.92 Å². The van der Waals surface area contributed by atoms with Crippen LogP contribution in [-0.2, 0) is 9.53 Å². The molecule has 2 atom stereocenters. The van der Waals surface area contributed by atoms with Crippen molar-refractivity contribution < 1.29 is 9.53 Å². The number of esters is 1. The van der Waals surface area contributed by atoms with E-state index >= 15 is 0 Å². The lowest BCUT2D eigenvalue weighted by Crippen LogP contribution is -2.23. The lowest BCUT2D eigenvalue weighted by molar-refractivity contribution is -0.146. The average Bonchev–Trinajstić information content (AvgIpc) is 2.15. The fourth-order valence-electron chi connectivity index (χ4n) is 1.45. The number of hydrogen-bond acceptors (Lipinski definition) is 2. The maximum Gasteiger partial charge on any atom is 0.303 e. The zero-order valence-corrected chi connectivity index (χ0v) is 10.2. The molecule has 0 N–H and O–H groups in total. The van der Waals surface area contributed by atoms with Gasteiger partial charge in [0.1, 0.15) is 6.10 Å². The molecule has 0 spiro atoms. The van der Waals surface area contributed by atoms with Gasteiger partial charge in [-0.3, -0.25) is 4.79 Å². The molecule has 0 amide bonds. The van der Waals surface area contributed by atoms with E-state index in [-0.39, 0.29) is 12.1 Å². The Kier molecular flexibility index (Phi) is 6.76. The number of allylic oxidation sites excluding steroid dienone is 2. The summed E-state index contributed by atoms with van der Waals surface area (Å²) in [5.74, 6) is 0.0943. The van der Waals surface area contributed by atoms with Crippen molar-refractivity contribution in [3.05, 3.63) is 24.3 Å². The van der Waals surface area contributed by atoms with Crippen LogP contribution in [0.25, 0.3) is 0 Å². The molecule has 2 heteroatoms. The lowest BCUT2D eigenvalue weighted by atomic mass is 9.94. The number of rotatable bonds is 6. The quantitative estimate of drug-likeness (QED) is 0.495. The Morgan fingerprint density at radius 3 is 2.33 bits per heavy atom. The van der Waals surface area contributed by atoms with Gasteiger partial charge in [-0.1, -0.05) is 31.2 Å². The fraction of sp³-hybridized carbons (Fsp3) is 0.615. The van der Waals surface area contributed by atoms with E-state index in [1.165, 1.54) is 12.5 Å². The number of ether oxygens (including phenoxy) is 1. The molecule has 0 heterocycles. The van der Waals surface area contributed by atoms with Crippen molar-refractivity contribution in [1.29, 1.82) is 0 Å². The molecule has 0 fully saturated rings. The SMILES string of the molecule is C=CC(OC(C)=O)C(CC)CC=C(C)C. The molecule has 0 aromatic heterocycles. The summed E-state index contributed by atoms with van der Waals surface area (Å²) in [6.07, 6.45) is 5.64. The van der Waals surface area contributed by atoms with Crippen LogP contribution in [0.2, 0.25) is 0 Å². The molecule has 0 saturated heterocycles. The van der Waals surface area contributed by atoms with Gasteiger partial charge in [-0.05, 0) is 26.7 Å². The van der Waals surface area contributed by atoms with Gasteiger partial charge in [-0.25, -0.2) is 0 Å². The average molecular weight is 210 g/mol. The van der Waals surface area contributed by atoms with Crippen LogP contribution in [0, 0.1) is 5.92 Å². The van der Waals surface area contributed by atoms with E-state index in [0.717, 1.165) is 12.8 Å². The van der Waals surface area contributed by atoms with Crippen LogP contribution in [0.1, 0.15) is 40.5 Å². The molecule has 0 bridgehead atoms. The minimum absolute atomic E-state index is 0.164. The summed E-state index contributed by atoms with van der Waals surface area (Å²) in [5, 5.41) is 0. The summed E-state index contributed by atoms with van der Waals surface area (Å²) in [7, 11) is 0. The number of carbonyl (C=O) groups is 1. The van der Waals surface area contributed by atoms with Gasteiger partial charge in [0.2, 0.25) is 0 Å². The second kappa shape index (κ2) is 7.27. The summed E-state index contributed by atoms with van der Waals surface area (Å²) >= 11 is 0. The first-order chi connectivity index (χ1) is 7.01. The fourth-order valence-corrected chi connectivity index (χ4v) is 1.45. The first-order valence-electron chi connectivity index (χ1n) is 5.44. The van der Waals surface area contributed by atoms with Gasteiger partial charge in [0.25, 0.3) is 0 Å². The Hall–Kier alpha value is -1.05. The molecule has 0 aliphatic heterocycles. The number of carbonyl (C=O) groups excluding carboxylic acids is 1. The van der Waals surface area contributed by atoms with E-state index in [2.05, 4.69) is 33.4 Å². The third kappa shape index (κ3) is 6.10. The summed E-state index contributed by atoms with van der Waals surface area (Å²) in [6, 6.07) is 0. The van der Waals surface area contributed by atoms with Gasteiger partial charge >= 0.3 is 5.97 Å². The molecule has 0 aliphatic carbocycles. The van der Waals surface area contributed by atoms with E-state index in [9.17, 15) is 4.79 Å². The molecule has 0 aromatic rings. The highest BCUT2D eigenvalue weighted by Gasteiger charge is 2.18. The minimum Gasteiger partial charge on any atom is -0.458 e. The van der Waals surface area contributed by atoms with Crippen LogP contribution in [-0.4, -0.2) is 12.1 Å². The summed E-state index contributed by atoms with van der Waals surface area (Å²) in [6.45, 7) is 11.4. The highest BCUT2D eigenvalue weighted by molar-refractivity contribution is 5.66. The molecular formula is C13H22O2. The third-order valence-corrected chi connectivity index (χ3v) is 2.35. The van der Waals surface area contributed by atoms with Crippen LogP contribution >= 0.6 is 0 Å². The van der Waals surface area contributed by atoms with E-state index in [1.54, 1.807) is 6.08 Å². The Balaban J connectivity index is 4.39. The van der Waals surface area contributed by atoms with Gasteiger partial charge in [0.15, 0.2) is 0 Å². The largest absolute Gasteiger partial charge is 0.458 e. The molecule has 0 aromatic carbocycles. The predicted octanol–water partition coefficient (Wildman–Crippen LogP) is 3.49. The Morgan fingerprint density at radius 1 is 1.40 bits per heavy atom. The zero-order valence-electron chi connectivity index (χ0n) is 10.2. The molecule has 0 saturated carbocycles. The molecule has 15 heavy (non-hydrogen) atoms. The van der Waals surface area contributed by atoms with Crippen LogP contribution in [0.5, 0.6) is 0 Å². The monoisotopic (exact) mass is 210 g/mol. The predicted molar refractivity (Wildman–Crippen MR) is 63.6 cm³/mol. The maximum absolute atomic E-state index is 10.9. The highest BCUT2D eigenvalue weighted by Crippen LogP contribution is 2.19. The Morgan fingerprint density at radius 2 is 2.00 bits per heavy atom. The molecular weight excluding hydrogens is 188 g/mol. The molecule has 2 unspecified atom stereocenters. The van der Waals surface area contributed by atoms with E-state index in [1.807, 2.05) is 0 Å². The van der Waals surface area contributed by atoms with Crippen molar-refractivity contribution >= 4 is 5.97 Å². The number of hydrogen-bond donors (Lipinski definition) is 0. The topological polar surface area (TPSA) is 26.3 Å². The molecule has 0 rings (SSSR count). The summed E-state index contributed by atoms with van der Waals surface area (Å²) in [5.41, 5.74) is 1.29. The van der Waals surface area contributed by atoms with Crippen molar-refractivity contribution in [2.24, 2.45) is 5.92 Å². The minimum atomic E-state index is -0.240. The van der Waals surface area contributed by atoms with Gasteiger partial charge in [-0.15, -0.1) is 0 Å². The molecule has 0 radical (unpaired) electrons. The first-order valence-corrected chi connectivity index (χ1v) is 5.44. The van der Waals surface area contributed by atoms with Crippen LogP contribution in [0.15, 0.2) is 24.3 Å².